The number of hydrogen-bond acceptors (Lipinski definition) is 2. The average Bonchev–Trinajstić information content (AvgIpc) is 2.98. The smallest absolute Gasteiger partial charge is 0.203 e. The van der Waals surface area contributed by atoms with Gasteiger partial charge in [0.05, 0.1) is 4.88 Å². The molecule has 0 saturated carbocycles. The molecule has 0 amide bonds. The van der Waals surface area contributed by atoms with Crippen molar-refractivity contribution in [2.45, 2.75) is 6.92 Å². The Labute approximate surface area is 122 Å². The summed E-state index contributed by atoms with van der Waals surface area (Å²) in [5.41, 5.74) is 2.96. The van der Waals surface area contributed by atoms with E-state index < -0.39 is 0 Å². The molecular formula is C18H14OS. The molecule has 98 valence electrons. The number of rotatable bonds is 3. The molecule has 0 N–H and O–H groups in total. The molecule has 0 aliphatic heterocycles. The first kappa shape index (κ1) is 12.8. The maximum atomic E-state index is 12.5. The molecule has 0 unspecified atom stereocenters. The topological polar surface area (TPSA) is 17.1 Å². The standard InChI is InChI=1S/C18H14OS/c1-13-7-5-6-10-15(13)18(19)17-12-11-16(20-17)14-8-3-2-4-9-14/h2-12H,1H3. The minimum absolute atomic E-state index is 0.107. The second-order valence-corrected chi connectivity index (χ2v) is 5.76. The van der Waals surface area contributed by atoms with Crippen molar-refractivity contribution in [1.82, 2.24) is 0 Å². The van der Waals surface area contributed by atoms with Gasteiger partial charge in [0, 0.05) is 10.4 Å². The van der Waals surface area contributed by atoms with Gasteiger partial charge in [-0.25, -0.2) is 0 Å². The van der Waals surface area contributed by atoms with Gasteiger partial charge in [-0.05, 0) is 30.2 Å². The summed E-state index contributed by atoms with van der Waals surface area (Å²) in [7, 11) is 0. The molecule has 3 rings (SSSR count). The average molecular weight is 278 g/mol. The fourth-order valence-corrected chi connectivity index (χ4v) is 3.14. The van der Waals surface area contributed by atoms with Crippen molar-refractivity contribution in [2.24, 2.45) is 0 Å². The summed E-state index contributed by atoms with van der Waals surface area (Å²) in [6.07, 6.45) is 0. The van der Waals surface area contributed by atoms with Crippen LogP contribution >= 0.6 is 11.3 Å². The van der Waals surface area contributed by atoms with Crippen LogP contribution in [0.4, 0.5) is 0 Å². The molecule has 0 radical (unpaired) electrons. The van der Waals surface area contributed by atoms with E-state index in [1.54, 1.807) is 11.3 Å². The fraction of sp³-hybridized carbons (Fsp3) is 0.0556. The molecule has 1 aromatic heterocycles. The summed E-state index contributed by atoms with van der Waals surface area (Å²) < 4.78 is 0. The summed E-state index contributed by atoms with van der Waals surface area (Å²) in [5, 5.41) is 0. The van der Waals surface area contributed by atoms with Crippen LogP contribution in [0.15, 0.2) is 66.7 Å². The second kappa shape index (κ2) is 5.43. The van der Waals surface area contributed by atoms with Crippen LogP contribution in [0.5, 0.6) is 0 Å². The van der Waals surface area contributed by atoms with Crippen LogP contribution in [-0.4, -0.2) is 5.78 Å². The maximum absolute atomic E-state index is 12.5. The number of hydrogen-bond donors (Lipinski definition) is 0. The molecule has 0 aliphatic rings. The van der Waals surface area contributed by atoms with E-state index in [0.29, 0.717) is 0 Å². The zero-order chi connectivity index (χ0) is 13.9. The van der Waals surface area contributed by atoms with Crippen molar-refractivity contribution in [3.05, 3.63) is 82.7 Å². The Balaban J connectivity index is 1.95. The summed E-state index contributed by atoms with van der Waals surface area (Å²) >= 11 is 1.55. The Morgan fingerprint density at radius 2 is 1.55 bits per heavy atom. The van der Waals surface area contributed by atoms with Gasteiger partial charge >= 0.3 is 0 Å². The highest BCUT2D eigenvalue weighted by Crippen LogP contribution is 2.29. The van der Waals surface area contributed by atoms with Crippen LogP contribution in [0.2, 0.25) is 0 Å². The van der Waals surface area contributed by atoms with Gasteiger partial charge in [0.15, 0.2) is 0 Å². The van der Waals surface area contributed by atoms with Crippen LogP contribution in [-0.2, 0) is 0 Å². The number of carbonyl (C=O) groups is 1. The summed E-state index contributed by atoms with van der Waals surface area (Å²) in [6, 6.07) is 21.8. The highest BCUT2D eigenvalue weighted by molar-refractivity contribution is 7.17. The number of aryl methyl sites for hydroxylation is 1. The van der Waals surface area contributed by atoms with Crippen molar-refractivity contribution in [3.63, 3.8) is 0 Å². The van der Waals surface area contributed by atoms with E-state index in [1.165, 1.54) is 0 Å². The zero-order valence-electron chi connectivity index (χ0n) is 11.2. The predicted molar refractivity (Wildman–Crippen MR) is 84.4 cm³/mol. The van der Waals surface area contributed by atoms with Gasteiger partial charge in [-0.1, -0.05) is 54.6 Å². The largest absolute Gasteiger partial charge is 0.288 e. The molecule has 2 aromatic carbocycles. The Hall–Kier alpha value is -2.19. The summed E-state index contributed by atoms with van der Waals surface area (Å²) in [6.45, 7) is 1.97. The third-order valence-electron chi connectivity index (χ3n) is 3.28. The SMILES string of the molecule is Cc1ccccc1C(=O)c1ccc(-c2ccccc2)s1. The van der Waals surface area contributed by atoms with Gasteiger partial charge in [0.2, 0.25) is 5.78 Å². The molecule has 0 fully saturated rings. The van der Waals surface area contributed by atoms with E-state index >= 15 is 0 Å². The first-order valence-electron chi connectivity index (χ1n) is 6.51. The number of ketones is 1. The van der Waals surface area contributed by atoms with Crippen LogP contribution in [0.1, 0.15) is 20.8 Å². The van der Waals surface area contributed by atoms with Gasteiger partial charge in [-0.15, -0.1) is 11.3 Å². The van der Waals surface area contributed by atoms with Gasteiger partial charge in [-0.3, -0.25) is 4.79 Å². The van der Waals surface area contributed by atoms with Gasteiger partial charge < -0.3 is 0 Å². The Kier molecular flexibility index (Phi) is 3.48. The number of thiophene rings is 1. The van der Waals surface area contributed by atoms with Crippen molar-refractivity contribution in [1.29, 1.82) is 0 Å². The van der Waals surface area contributed by atoms with E-state index in [-0.39, 0.29) is 5.78 Å². The zero-order valence-corrected chi connectivity index (χ0v) is 12.0. The van der Waals surface area contributed by atoms with Crippen molar-refractivity contribution >= 4 is 17.1 Å². The quantitative estimate of drug-likeness (QED) is 0.619. The molecule has 0 saturated heterocycles. The molecular weight excluding hydrogens is 264 g/mol. The molecule has 20 heavy (non-hydrogen) atoms. The highest BCUT2D eigenvalue weighted by Gasteiger charge is 2.14. The van der Waals surface area contributed by atoms with E-state index in [9.17, 15) is 4.79 Å². The van der Waals surface area contributed by atoms with Crippen LogP contribution in [0, 0.1) is 6.92 Å². The highest BCUT2D eigenvalue weighted by atomic mass is 32.1. The van der Waals surface area contributed by atoms with Crippen molar-refractivity contribution in [2.75, 3.05) is 0 Å². The Morgan fingerprint density at radius 3 is 2.30 bits per heavy atom. The second-order valence-electron chi connectivity index (χ2n) is 4.67. The third-order valence-corrected chi connectivity index (χ3v) is 4.41. The summed E-state index contributed by atoms with van der Waals surface area (Å²) in [5.74, 6) is 0.107. The normalized spacial score (nSPS) is 10.4. The monoisotopic (exact) mass is 278 g/mol. The van der Waals surface area contributed by atoms with Crippen LogP contribution in [0.25, 0.3) is 10.4 Å². The molecule has 0 atom stereocenters. The predicted octanol–water partition coefficient (Wildman–Crippen LogP) is 4.95. The maximum Gasteiger partial charge on any atom is 0.203 e. The van der Waals surface area contributed by atoms with Crippen LogP contribution < -0.4 is 0 Å². The molecule has 0 aliphatic carbocycles. The molecule has 3 aromatic rings. The lowest BCUT2D eigenvalue weighted by molar-refractivity contribution is 0.104. The Bertz CT molecular complexity index is 741. The lowest BCUT2D eigenvalue weighted by atomic mass is 10.0. The molecule has 1 nitrogen and oxygen atoms in total. The lowest BCUT2D eigenvalue weighted by Gasteiger charge is -2.02. The number of carbonyl (C=O) groups excluding carboxylic acids is 1. The minimum Gasteiger partial charge on any atom is -0.288 e. The first-order valence-corrected chi connectivity index (χ1v) is 7.33. The van der Waals surface area contributed by atoms with Crippen molar-refractivity contribution in [3.8, 4) is 10.4 Å². The molecule has 2 heteroatoms. The van der Waals surface area contributed by atoms with Crippen molar-refractivity contribution < 1.29 is 4.79 Å². The van der Waals surface area contributed by atoms with Gasteiger partial charge in [0.25, 0.3) is 0 Å². The molecule has 0 bridgehead atoms. The van der Waals surface area contributed by atoms with E-state index in [1.807, 2.05) is 61.5 Å². The minimum atomic E-state index is 0.107. The van der Waals surface area contributed by atoms with Crippen LogP contribution in [0.3, 0.4) is 0 Å². The fourth-order valence-electron chi connectivity index (χ4n) is 2.18. The van der Waals surface area contributed by atoms with E-state index in [0.717, 1.165) is 26.4 Å². The number of benzene rings is 2. The van der Waals surface area contributed by atoms with E-state index in [4.69, 9.17) is 0 Å². The Morgan fingerprint density at radius 1 is 0.850 bits per heavy atom. The van der Waals surface area contributed by atoms with E-state index in [2.05, 4.69) is 12.1 Å². The van der Waals surface area contributed by atoms with Gasteiger partial charge in [-0.2, -0.15) is 0 Å². The summed E-state index contributed by atoms with van der Waals surface area (Å²) in [4.78, 5) is 14.4. The third kappa shape index (κ3) is 2.43. The first-order chi connectivity index (χ1) is 9.75. The molecule has 0 spiro atoms. The molecule has 1 heterocycles. The van der Waals surface area contributed by atoms with Gasteiger partial charge in [0.1, 0.15) is 0 Å². The lowest BCUT2D eigenvalue weighted by Crippen LogP contribution is -2.00.